The van der Waals surface area contributed by atoms with E-state index in [-0.39, 0.29) is 19.3 Å². The Hall–Kier alpha value is -1.17. The van der Waals surface area contributed by atoms with Crippen molar-refractivity contribution >= 4 is 40.5 Å². The van der Waals surface area contributed by atoms with Gasteiger partial charge in [-0.2, -0.15) is 0 Å². The van der Waals surface area contributed by atoms with Gasteiger partial charge in [-0.25, -0.2) is 0 Å². The minimum atomic E-state index is -0.0272. The highest BCUT2D eigenvalue weighted by Gasteiger charge is 2.29. The molecule has 1 unspecified atom stereocenters. The molecule has 0 bridgehead atoms. The average Bonchev–Trinajstić information content (AvgIpc) is 2.68. The van der Waals surface area contributed by atoms with E-state index in [0.29, 0.717) is 16.7 Å². The largest absolute Gasteiger partial charge is 0.491 e. The molecule has 1 fully saturated rings. The lowest BCUT2D eigenvalue weighted by atomic mass is 10.0. The SMILES string of the molecule is OCCOc1ccc(N2CCN(CCCl)CC2c2ccc(Cl)cc2)c(Cl)c1. The zero-order valence-electron chi connectivity index (χ0n) is 15.0. The van der Waals surface area contributed by atoms with Gasteiger partial charge in [0.05, 0.1) is 23.4 Å². The number of aliphatic hydroxyl groups is 1. The molecule has 1 N–H and O–H groups in total. The molecule has 7 heteroatoms. The molecule has 3 rings (SSSR count). The Morgan fingerprint density at radius 2 is 1.85 bits per heavy atom. The average molecular weight is 430 g/mol. The van der Waals surface area contributed by atoms with E-state index in [1.807, 2.05) is 24.3 Å². The van der Waals surface area contributed by atoms with Gasteiger partial charge in [-0.15, -0.1) is 11.6 Å². The van der Waals surface area contributed by atoms with Crippen molar-refractivity contribution in [3.63, 3.8) is 0 Å². The van der Waals surface area contributed by atoms with Gasteiger partial charge in [-0.3, -0.25) is 4.90 Å². The predicted molar refractivity (Wildman–Crippen MR) is 113 cm³/mol. The highest BCUT2D eigenvalue weighted by Crippen LogP contribution is 2.37. The van der Waals surface area contributed by atoms with E-state index < -0.39 is 0 Å². The standard InChI is InChI=1S/C20H23Cl3N2O2/c21-7-8-24-9-10-25(20(14-24)15-1-3-16(22)4-2-15)19-6-5-17(13-18(19)23)27-12-11-26/h1-6,13,20,26H,7-12,14H2. The summed E-state index contributed by atoms with van der Waals surface area (Å²) in [7, 11) is 0. The van der Waals surface area contributed by atoms with Gasteiger partial charge in [0, 0.05) is 43.1 Å². The van der Waals surface area contributed by atoms with Crippen molar-refractivity contribution < 1.29 is 9.84 Å². The summed E-state index contributed by atoms with van der Waals surface area (Å²) < 4.78 is 5.46. The summed E-state index contributed by atoms with van der Waals surface area (Å²) in [6, 6.07) is 13.8. The molecule has 0 amide bonds. The van der Waals surface area contributed by atoms with Gasteiger partial charge >= 0.3 is 0 Å². The molecule has 0 aromatic heterocycles. The third-order valence-corrected chi connectivity index (χ3v) is 5.43. The van der Waals surface area contributed by atoms with Crippen molar-refractivity contribution in [1.29, 1.82) is 0 Å². The van der Waals surface area contributed by atoms with Gasteiger partial charge < -0.3 is 14.7 Å². The number of ether oxygens (including phenoxy) is 1. The topological polar surface area (TPSA) is 35.9 Å². The molecular weight excluding hydrogens is 407 g/mol. The number of alkyl halides is 1. The Morgan fingerprint density at radius 1 is 1.07 bits per heavy atom. The van der Waals surface area contributed by atoms with E-state index in [9.17, 15) is 0 Å². The summed E-state index contributed by atoms with van der Waals surface area (Å²) in [5.74, 6) is 1.27. The number of benzene rings is 2. The van der Waals surface area contributed by atoms with Gasteiger partial charge in [0.15, 0.2) is 0 Å². The van der Waals surface area contributed by atoms with Crippen LogP contribution in [0.1, 0.15) is 11.6 Å². The van der Waals surface area contributed by atoms with E-state index in [4.69, 9.17) is 44.6 Å². The Labute approximate surface area is 175 Å². The highest BCUT2D eigenvalue weighted by atomic mass is 35.5. The van der Waals surface area contributed by atoms with Crippen LogP contribution in [0, 0.1) is 0 Å². The molecule has 27 heavy (non-hydrogen) atoms. The van der Waals surface area contributed by atoms with E-state index in [1.165, 1.54) is 5.56 Å². The van der Waals surface area contributed by atoms with Crippen LogP contribution in [-0.4, -0.2) is 55.3 Å². The molecule has 1 aliphatic rings. The zero-order chi connectivity index (χ0) is 19.2. The number of hydrogen-bond acceptors (Lipinski definition) is 4. The molecule has 1 saturated heterocycles. The van der Waals surface area contributed by atoms with Crippen molar-refractivity contribution in [2.24, 2.45) is 0 Å². The lowest BCUT2D eigenvalue weighted by Gasteiger charge is -2.43. The van der Waals surface area contributed by atoms with Crippen LogP contribution < -0.4 is 9.64 Å². The molecule has 0 spiro atoms. The van der Waals surface area contributed by atoms with E-state index >= 15 is 0 Å². The number of nitrogens with zero attached hydrogens (tertiary/aromatic N) is 2. The number of halogens is 3. The maximum atomic E-state index is 8.91. The molecule has 0 aliphatic carbocycles. The summed E-state index contributed by atoms with van der Waals surface area (Å²) >= 11 is 18.6. The first-order valence-electron chi connectivity index (χ1n) is 8.96. The fourth-order valence-electron chi connectivity index (χ4n) is 3.39. The van der Waals surface area contributed by atoms with Crippen LogP contribution in [0.2, 0.25) is 10.0 Å². The Bertz CT molecular complexity index is 743. The van der Waals surface area contributed by atoms with Crippen LogP contribution in [0.25, 0.3) is 0 Å². The first-order chi connectivity index (χ1) is 13.1. The Balaban J connectivity index is 1.88. The second kappa shape index (κ2) is 9.85. The van der Waals surface area contributed by atoms with Crippen LogP contribution >= 0.6 is 34.8 Å². The van der Waals surface area contributed by atoms with Crippen molar-refractivity contribution in [3.8, 4) is 5.75 Å². The fourth-order valence-corrected chi connectivity index (χ4v) is 4.04. The van der Waals surface area contributed by atoms with Gasteiger partial charge in [0.1, 0.15) is 12.4 Å². The smallest absolute Gasteiger partial charge is 0.121 e. The molecule has 1 aliphatic heterocycles. The van der Waals surface area contributed by atoms with Crippen LogP contribution in [0.15, 0.2) is 42.5 Å². The fraction of sp³-hybridized carbons (Fsp3) is 0.400. The van der Waals surface area contributed by atoms with Crippen LogP contribution in [0.4, 0.5) is 5.69 Å². The number of rotatable bonds is 7. The molecule has 2 aromatic carbocycles. The first kappa shape index (κ1) is 20.6. The summed E-state index contributed by atoms with van der Waals surface area (Å²) in [6.45, 7) is 3.73. The zero-order valence-corrected chi connectivity index (χ0v) is 17.2. The van der Waals surface area contributed by atoms with Gasteiger partial charge in [0.2, 0.25) is 0 Å². The van der Waals surface area contributed by atoms with E-state index in [1.54, 1.807) is 6.07 Å². The molecule has 146 valence electrons. The highest BCUT2D eigenvalue weighted by molar-refractivity contribution is 6.33. The summed E-state index contributed by atoms with van der Waals surface area (Å²) in [5, 5.41) is 10.3. The lowest BCUT2D eigenvalue weighted by molar-refractivity contribution is 0.201. The quantitative estimate of drug-likeness (QED) is 0.659. The normalized spacial score (nSPS) is 17.9. The molecule has 4 nitrogen and oxygen atoms in total. The number of hydrogen-bond donors (Lipinski definition) is 1. The van der Waals surface area contributed by atoms with Crippen molar-refractivity contribution in [2.75, 3.05) is 50.2 Å². The second-order valence-electron chi connectivity index (χ2n) is 6.44. The minimum absolute atomic E-state index is 0.0272. The van der Waals surface area contributed by atoms with Crippen LogP contribution in [-0.2, 0) is 0 Å². The third kappa shape index (κ3) is 5.21. The lowest BCUT2D eigenvalue weighted by Crippen LogP contribution is -2.49. The number of aliphatic hydroxyl groups excluding tert-OH is 1. The van der Waals surface area contributed by atoms with Gasteiger partial charge in [-0.1, -0.05) is 35.3 Å². The molecule has 1 heterocycles. The van der Waals surface area contributed by atoms with E-state index in [0.717, 1.165) is 36.9 Å². The molecule has 0 saturated carbocycles. The van der Waals surface area contributed by atoms with Gasteiger partial charge in [0.25, 0.3) is 0 Å². The monoisotopic (exact) mass is 428 g/mol. The second-order valence-corrected chi connectivity index (χ2v) is 7.66. The molecular formula is C20H23Cl3N2O2. The summed E-state index contributed by atoms with van der Waals surface area (Å²) in [4.78, 5) is 4.70. The molecule has 0 radical (unpaired) electrons. The van der Waals surface area contributed by atoms with Crippen molar-refractivity contribution in [2.45, 2.75) is 6.04 Å². The van der Waals surface area contributed by atoms with E-state index in [2.05, 4.69) is 21.9 Å². The maximum Gasteiger partial charge on any atom is 0.121 e. The summed E-state index contributed by atoms with van der Waals surface area (Å²) in [6.07, 6.45) is 0. The van der Waals surface area contributed by atoms with Crippen LogP contribution in [0.3, 0.4) is 0 Å². The van der Waals surface area contributed by atoms with Crippen LogP contribution in [0.5, 0.6) is 5.75 Å². The molecule has 1 atom stereocenters. The van der Waals surface area contributed by atoms with Gasteiger partial charge in [-0.05, 0) is 29.8 Å². The molecule has 2 aromatic rings. The third-order valence-electron chi connectivity index (χ3n) is 4.71. The van der Waals surface area contributed by atoms with Crippen molar-refractivity contribution in [1.82, 2.24) is 4.90 Å². The summed E-state index contributed by atoms with van der Waals surface area (Å²) in [5.41, 5.74) is 2.16. The maximum absolute atomic E-state index is 8.91. The number of piperazine rings is 1. The Morgan fingerprint density at radius 3 is 2.52 bits per heavy atom. The minimum Gasteiger partial charge on any atom is -0.491 e. The Kier molecular flexibility index (Phi) is 7.50. The first-order valence-corrected chi connectivity index (χ1v) is 10.2. The van der Waals surface area contributed by atoms with Crippen molar-refractivity contribution in [3.05, 3.63) is 58.1 Å². The number of anilines is 1. The predicted octanol–water partition coefficient (Wildman–Crippen LogP) is 4.47.